The maximum Gasteiger partial charge on any atom is 0.319 e. The number of carbonyl (C=O) groups is 1. The van der Waals surface area contributed by atoms with Gasteiger partial charge in [0.25, 0.3) is 0 Å². The molecule has 0 spiro atoms. The molecule has 6 nitrogen and oxygen atoms in total. The topological polar surface area (TPSA) is 89.8 Å². The van der Waals surface area contributed by atoms with Gasteiger partial charge < -0.3 is 16.0 Å². The van der Waals surface area contributed by atoms with Crippen molar-refractivity contribution in [1.82, 2.24) is 10.3 Å². The van der Waals surface area contributed by atoms with Gasteiger partial charge in [0.05, 0.1) is 16.8 Å². The van der Waals surface area contributed by atoms with Gasteiger partial charge in [0.15, 0.2) is 0 Å². The number of nitrogens with one attached hydrogen (secondary N) is 3. The Morgan fingerprint density at radius 3 is 2.70 bits per heavy atom. The number of aryl methyl sites for hydroxylation is 1. The fourth-order valence-electron chi connectivity index (χ4n) is 2.92. The van der Waals surface area contributed by atoms with Gasteiger partial charge in [-0.25, -0.2) is 18.6 Å². The second-order valence-corrected chi connectivity index (χ2v) is 6.66. The highest BCUT2D eigenvalue weighted by molar-refractivity contribution is 5.89. The van der Waals surface area contributed by atoms with Crippen molar-refractivity contribution in [2.75, 3.05) is 23.7 Å². The number of hydrogen-bond acceptors (Lipinski definition) is 4. The van der Waals surface area contributed by atoms with E-state index in [2.05, 4.69) is 33.9 Å². The van der Waals surface area contributed by atoms with Crippen molar-refractivity contribution in [2.24, 2.45) is 0 Å². The highest BCUT2D eigenvalue weighted by Gasteiger charge is 2.09. The lowest BCUT2D eigenvalue weighted by atomic mass is 10.1. The summed E-state index contributed by atoms with van der Waals surface area (Å²) in [6, 6.07) is 12.3. The fraction of sp³-hybridized carbons (Fsp3) is 0.227. The Kier molecular flexibility index (Phi) is 6.75. The third-order valence-electron chi connectivity index (χ3n) is 4.52. The summed E-state index contributed by atoms with van der Waals surface area (Å²) < 4.78 is 26.4. The molecule has 0 atom stereocenters. The summed E-state index contributed by atoms with van der Waals surface area (Å²) in [5.41, 5.74) is 2.33. The predicted octanol–water partition coefficient (Wildman–Crippen LogP) is 4.57. The number of amides is 2. The lowest BCUT2D eigenvalue weighted by Crippen LogP contribution is -2.30. The second-order valence-electron chi connectivity index (χ2n) is 6.66. The van der Waals surface area contributed by atoms with Gasteiger partial charge in [-0.3, -0.25) is 0 Å². The SMILES string of the molecule is CCc1ccc2nc(NCCCNC(=O)Nc3ccc(F)cc3F)c(C#N)cc2c1. The molecule has 0 aliphatic rings. The Morgan fingerprint density at radius 2 is 1.97 bits per heavy atom. The molecule has 1 aromatic heterocycles. The zero-order chi connectivity index (χ0) is 21.5. The van der Waals surface area contributed by atoms with E-state index >= 15 is 0 Å². The molecule has 0 bridgehead atoms. The molecule has 154 valence electrons. The van der Waals surface area contributed by atoms with Crippen LogP contribution in [0.15, 0.2) is 42.5 Å². The maximum absolute atomic E-state index is 13.5. The van der Waals surface area contributed by atoms with E-state index in [-0.39, 0.29) is 5.69 Å². The molecule has 2 amide bonds. The van der Waals surface area contributed by atoms with Crippen molar-refractivity contribution >= 4 is 28.4 Å². The van der Waals surface area contributed by atoms with Gasteiger partial charge in [0.2, 0.25) is 0 Å². The van der Waals surface area contributed by atoms with Crippen molar-refractivity contribution in [3.05, 3.63) is 65.2 Å². The minimum atomic E-state index is -0.843. The van der Waals surface area contributed by atoms with Crippen LogP contribution in [0.3, 0.4) is 0 Å². The molecule has 0 radical (unpaired) electrons. The number of benzene rings is 2. The van der Waals surface area contributed by atoms with Gasteiger partial charge in [-0.15, -0.1) is 0 Å². The molecule has 3 rings (SSSR count). The number of nitrogens with zero attached hydrogens (tertiary/aromatic N) is 2. The molecule has 3 N–H and O–H groups in total. The molecule has 0 fully saturated rings. The van der Waals surface area contributed by atoms with E-state index in [4.69, 9.17) is 0 Å². The van der Waals surface area contributed by atoms with E-state index in [9.17, 15) is 18.8 Å². The Labute approximate surface area is 172 Å². The second kappa shape index (κ2) is 9.65. The highest BCUT2D eigenvalue weighted by Crippen LogP contribution is 2.21. The van der Waals surface area contributed by atoms with Crippen LogP contribution >= 0.6 is 0 Å². The summed E-state index contributed by atoms with van der Waals surface area (Å²) in [6.07, 6.45) is 1.46. The van der Waals surface area contributed by atoms with Crippen LogP contribution in [0.4, 0.5) is 25.1 Å². The number of nitriles is 1. The van der Waals surface area contributed by atoms with Crippen LogP contribution in [0.1, 0.15) is 24.5 Å². The lowest BCUT2D eigenvalue weighted by molar-refractivity contribution is 0.252. The molecule has 3 aromatic rings. The first-order chi connectivity index (χ1) is 14.5. The van der Waals surface area contributed by atoms with E-state index in [1.165, 1.54) is 5.56 Å². The number of anilines is 2. The van der Waals surface area contributed by atoms with Gasteiger partial charge in [-0.05, 0) is 48.7 Å². The molecule has 1 heterocycles. The van der Waals surface area contributed by atoms with E-state index in [0.717, 1.165) is 29.5 Å². The molecule has 0 aliphatic heterocycles. The summed E-state index contributed by atoms with van der Waals surface area (Å²) in [6.45, 7) is 2.86. The number of hydrogen-bond donors (Lipinski definition) is 3. The van der Waals surface area contributed by atoms with Crippen molar-refractivity contribution in [3.63, 3.8) is 0 Å². The predicted molar refractivity (Wildman–Crippen MR) is 112 cm³/mol. The quantitative estimate of drug-likeness (QED) is 0.499. The zero-order valence-electron chi connectivity index (χ0n) is 16.4. The third kappa shape index (κ3) is 5.20. The van der Waals surface area contributed by atoms with Gasteiger partial charge in [0, 0.05) is 24.5 Å². The number of halogens is 2. The molecule has 30 heavy (non-hydrogen) atoms. The van der Waals surface area contributed by atoms with Crippen LogP contribution in [0.25, 0.3) is 10.9 Å². The van der Waals surface area contributed by atoms with Gasteiger partial charge in [-0.2, -0.15) is 5.26 Å². The number of pyridine rings is 1. The van der Waals surface area contributed by atoms with Crippen molar-refractivity contribution < 1.29 is 13.6 Å². The smallest absolute Gasteiger partial charge is 0.319 e. The highest BCUT2D eigenvalue weighted by atomic mass is 19.1. The van der Waals surface area contributed by atoms with E-state index in [1.54, 1.807) is 0 Å². The molecule has 8 heteroatoms. The van der Waals surface area contributed by atoms with E-state index < -0.39 is 17.7 Å². The van der Waals surface area contributed by atoms with Gasteiger partial charge in [0.1, 0.15) is 23.5 Å². The summed E-state index contributed by atoms with van der Waals surface area (Å²) in [7, 11) is 0. The first kappa shape index (κ1) is 21.0. The van der Waals surface area contributed by atoms with Gasteiger partial charge >= 0.3 is 6.03 Å². The molecule has 0 saturated heterocycles. The van der Waals surface area contributed by atoms with E-state index in [1.807, 2.05) is 24.3 Å². The van der Waals surface area contributed by atoms with Crippen molar-refractivity contribution in [1.29, 1.82) is 5.26 Å². The van der Waals surface area contributed by atoms with Gasteiger partial charge in [-0.1, -0.05) is 13.0 Å². The minimum absolute atomic E-state index is 0.0997. The Balaban J connectivity index is 1.51. The number of carbonyl (C=O) groups excluding carboxylic acids is 1. The van der Waals surface area contributed by atoms with Crippen molar-refractivity contribution in [3.8, 4) is 6.07 Å². The molecule has 0 aliphatic carbocycles. The van der Waals surface area contributed by atoms with E-state index in [0.29, 0.717) is 37.0 Å². The summed E-state index contributed by atoms with van der Waals surface area (Å²) in [5.74, 6) is -1.06. The minimum Gasteiger partial charge on any atom is -0.369 e. The number of fused-ring (bicyclic) bond motifs is 1. The average molecular weight is 409 g/mol. The third-order valence-corrected chi connectivity index (χ3v) is 4.52. The number of rotatable bonds is 7. The largest absolute Gasteiger partial charge is 0.369 e. The first-order valence-corrected chi connectivity index (χ1v) is 9.57. The maximum atomic E-state index is 13.5. The average Bonchev–Trinajstić information content (AvgIpc) is 2.74. The van der Waals surface area contributed by atoms with Crippen LogP contribution in [0.2, 0.25) is 0 Å². The fourth-order valence-corrected chi connectivity index (χ4v) is 2.92. The molecule has 0 saturated carbocycles. The van der Waals surface area contributed by atoms with Crippen LogP contribution < -0.4 is 16.0 Å². The van der Waals surface area contributed by atoms with Crippen LogP contribution in [-0.2, 0) is 6.42 Å². The number of aromatic nitrogens is 1. The van der Waals surface area contributed by atoms with Crippen LogP contribution in [0.5, 0.6) is 0 Å². The summed E-state index contributed by atoms with van der Waals surface area (Å²) >= 11 is 0. The zero-order valence-corrected chi connectivity index (χ0v) is 16.4. The standard InChI is InChI=1S/C22H21F2N5O/c1-2-14-4-6-19-15(10-14)11-16(13-25)21(28-19)26-8-3-9-27-22(30)29-20-7-5-17(23)12-18(20)24/h4-7,10-12H,2-3,8-9H2,1H3,(H,26,28)(H2,27,29,30). The molecule has 0 unspecified atom stereocenters. The monoisotopic (exact) mass is 409 g/mol. The van der Waals surface area contributed by atoms with Crippen LogP contribution in [0, 0.1) is 23.0 Å². The number of urea groups is 1. The first-order valence-electron chi connectivity index (χ1n) is 9.57. The molecule has 2 aromatic carbocycles. The summed E-state index contributed by atoms with van der Waals surface area (Å²) in [4.78, 5) is 16.3. The lowest BCUT2D eigenvalue weighted by Gasteiger charge is -2.11. The Hall–Kier alpha value is -3.73. The Morgan fingerprint density at radius 1 is 1.13 bits per heavy atom. The Bertz CT molecular complexity index is 1110. The molecular weight excluding hydrogens is 388 g/mol. The summed E-state index contributed by atoms with van der Waals surface area (Å²) in [5, 5.41) is 18.4. The van der Waals surface area contributed by atoms with Crippen molar-refractivity contribution in [2.45, 2.75) is 19.8 Å². The van der Waals surface area contributed by atoms with Crippen LogP contribution in [-0.4, -0.2) is 24.1 Å². The molecular formula is C22H21F2N5O. The normalized spacial score (nSPS) is 10.5.